The summed E-state index contributed by atoms with van der Waals surface area (Å²) in [5, 5.41) is 0. The first-order valence-corrected chi connectivity index (χ1v) is 12.5. The fraction of sp³-hybridized carbons (Fsp3) is 0.536. The molecular weight excluding hydrogens is 464 g/mol. The molecule has 0 bridgehead atoms. The van der Waals surface area contributed by atoms with Gasteiger partial charge in [-0.15, -0.1) is 12.4 Å². The summed E-state index contributed by atoms with van der Waals surface area (Å²) in [4.78, 5) is 17.8. The van der Waals surface area contributed by atoms with Gasteiger partial charge in [0.05, 0.1) is 27.8 Å². The fourth-order valence-electron chi connectivity index (χ4n) is 5.32. The van der Waals surface area contributed by atoms with Gasteiger partial charge in [0, 0.05) is 19.6 Å². The van der Waals surface area contributed by atoms with E-state index in [1.165, 1.54) is 24.0 Å². The number of hydrogen-bond acceptors (Lipinski definition) is 5. The van der Waals surface area contributed by atoms with Crippen LogP contribution in [0, 0.1) is 5.92 Å². The van der Waals surface area contributed by atoms with Crippen LogP contribution in [-0.4, -0.2) is 69.8 Å². The lowest BCUT2D eigenvalue weighted by Gasteiger charge is -2.35. The molecule has 2 aliphatic heterocycles. The lowest BCUT2D eigenvalue weighted by Crippen LogP contribution is -2.43. The first-order valence-electron chi connectivity index (χ1n) is 12.5. The monoisotopic (exact) mass is 502 g/mol. The van der Waals surface area contributed by atoms with Crippen LogP contribution < -0.4 is 14.2 Å². The van der Waals surface area contributed by atoms with E-state index in [1.54, 1.807) is 21.3 Å². The molecule has 1 atom stereocenters. The van der Waals surface area contributed by atoms with E-state index in [0.29, 0.717) is 18.1 Å². The Bertz CT molecular complexity index is 966. The van der Waals surface area contributed by atoms with Crippen LogP contribution in [0.2, 0.25) is 0 Å². The summed E-state index contributed by atoms with van der Waals surface area (Å²) in [7, 11) is 5.00. The first kappa shape index (κ1) is 27.2. The number of fused-ring (bicyclic) bond motifs is 1. The van der Waals surface area contributed by atoms with Gasteiger partial charge in [-0.2, -0.15) is 0 Å². The van der Waals surface area contributed by atoms with Gasteiger partial charge in [-0.3, -0.25) is 4.79 Å². The van der Waals surface area contributed by atoms with Crippen LogP contribution in [0.5, 0.6) is 17.2 Å². The second kappa shape index (κ2) is 13.0. The number of nitrogens with zero attached hydrogens (tertiary/aromatic N) is 2. The molecular formula is C28H39ClN2O4. The molecule has 2 aromatic rings. The molecule has 1 fully saturated rings. The Balaban J connectivity index is 0.00000342. The molecule has 192 valence electrons. The average molecular weight is 503 g/mol. The summed E-state index contributed by atoms with van der Waals surface area (Å²) in [6.45, 7) is 4.99. The Morgan fingerprint density at radius 2 is 1.66 bits per heavy atom. The van der Waals surface area contributed by atoms with E-state index in [0.717, 1.165) is 69.0 Å². The third-order valence-corrected chi connectivity index (χ3v) is 7.23. The highest BCUT2D eigenvalue weighted by Crippen LogP contribution is 2.32. The number of halogens is 1. The van der Waals surface area contributed by atoms with E-state index in [2.05, 4.69) is 21.9 Å². The number of piperidine rings is 1. The second-order valence-corrected chi connectivity index (χ2v) is 9.50. The number of carbonyl (C=O) groups is 1. The largest absolute Gasteiger partial charge is 0.497 e. The van der Waals surface area contributed by atoms with Crippen molar-refractivity contribution in [1.29, 1.82) is 0 Å². The molecule has 0 aliphatic carbocycles. The number of amides is 1. The minimum Gasteiger partial charge on any atom is -0.497 e. The van der Waals surface area contributed by atoms with Gasteiger partial charge in [-0.1, -0.05) is 12.1 Å². The van der Waals surface area contributed by atoms with Gasteiger partial charge < -0.3 is 24.0 Å². The van der Waals surface area contributed by atoms with Crippen molar-refractivity contribution in [2.45, 2.75) is 38.5 Å². The zero-order valence-electron chi connectivity index (χ0n) is 21.3. The van der Waals surface area contributed by atoms with Crippen molar-refractivity contribution < 1.29 is 19.0 Å². The first-order chi connectivity index (χ1) is 16.6. The highest BCUT2D eigenvalue weighted by atomic mass is 35.5. The molecule has 0 N–H and O–H groups in total. The van der Waals surface area contributed by atoms with Gasteiger partial charge in [0.25, 0.3) is 0 Å². The smallest absolute Gasteiger partial charge is 0.227 e. The predicted molar refractivity (Wildman–Crippen MR) is 141 cm³/mol. The number of likely N-dealkylation sites (tertiary alicyclic amines) is 1. The molecule has 0 saturated carbocycles. The lowest BCUT2D eigenvalue weighted by atomic mass is 9.96. The van der Waals surface area contributed by atoms with Crippen LogP contribution in [0.15, 0.2) is 36.4 Å². The molecule has 1 amide bonds. The van der Waals surface area contributed by atoms with Crippen LogP contribution in [0.1, 0.15) is 36.0 Å². The van der Waals surface area contributed by atoms with Crippen LogP contribution >= 0.6 is 12.4 Å². The number of hydrogen-bond donors (Lipinski definition) is 0. The van der Waals surface area contributed by atoms with Crippen LogP contribution in [0.4, 0.5) is 0 Å². The molecule has 2 heterocycles. The van der Waals surface area contributed by atoms with Crippen molar-refractivity contribution in [2.75, 3.05) is 54.1 Å². The van der Waals surface area contributed by atoms with E-state index < -0.39 is 0 Å². The summed E-state index contributed by atoms with van der Waals surface area (Å²) >= 11 is 0. The van der Waals surface area contributed by atoms with Crippen LogP contribution in [0.25, 0.3) is 0 Å². The van der Waals surface area contributed by atoms with Crippen LogP contribution in [-0.2, 0) is 24.1 Å². The molecule has 1 saturated heterocycles. The summed E-state index contributed by atoms with van der Waals surface area (Å²) < 4.78 is 16.2. The van der Waals surface area contributed by atoms with Gasteiger partial charge in [-0.25, -0.2) is 0 Å². The lowest BCUT2D eigenvalue weighted by molar-refractivity contribution is -0.131. The third-order valence-electron chi connectivity index (χ3n) is 7.23. The normalized spacial score (nSPS) is 18.3. The van der Waals surface area contributed by atoms with Crippen molar-refractivity contribution in [3.8, 4) is 17.2 Å². The fourth-order valence-corrected chi connectivity index (χ4v) is 5.32. The van der Waals surface area contributed by atoms with Crippen molar-refractivity contribution in [2.24, 2.45) is 5.92 Å². The standard InChI is InChI=1S/C28H38N2O4.ClH/c1-32-25-10-8-21(9-11-25)6-4-13-29-14-5-7-22(19-29)20-30-15-12-23-16-26(33-2)27(34-3)17-24(23)18-28(30)31;/h8-11,16-17,22H,4-7,12-15,18-20H2,1-3H3;1H. The quantitative estimate of drug-likeness (QED) is 0.508. The van der Waals surface area contributed by atoms with Gasteiger partial charge in [0.15, 0.2) is 11.5 Å². The maximum absolute atomic E-state index is 13.1. The van der Waals surface area contributed by atoms with E-state index in [9.17, 15) is 4.79 Å². The summed E-state index contributed by atoms with van der Waals surface area (Å²) in [5.74, 6) is 3.11. The Kier molecular flexibility index (Phi) is 10.1. The van der Waals surface area contributed by atoms with E-state index in [-0.39, 0.29) is 18.3 Å². The van der Waals surface area contributed by atoms with E-state index in [4.69, 9.17) is 14.2 Å². The molecule has 2 aliphatic rings. The van der Waals surface area contributed by atoms with Crippen LogP contribution in [0.3, 0.4) is 0 Å². The summed E-state index contributed by atoms with van der Waals surface area (Å²) in [6, 6.07) is 12.4. The van der Waals surface area contributed by atoms with Gasteiger partial charge in [0.1, 0.15) is 5.75 Å². The molecule has 0 spiro atoms. The minimum absolute atomic E-state index is 0. The van der Waals surface area contributed by atoms with Crippen molar-refractivity contribution >= 4 is 18.3 Å². The number of ether oxygens (including phenoxy) is 3. The Hall–Kier alpha value is -2.44. The zero-order chi connectivity index (χ0) is 23.9. The SMILES string of the molecule is COc1ccc(CCCN2CCCC(CN3CCc4cc(OC)c(OC)cc4CC3=O)C2)cc1.Cl. The van der Waals surface area contributed by atoms with Gasteiger partial charge in [-0.05, 0) is 92.1 Å². The van der Waals surface area contributed by atoms with Gasteiger partial charge in [0.2, 0.25) is 5.91 Å². The number of aryl methyl sites for hydroxylation is 1. The molecule has 2 aromatic carbocycles. The average Bonchev–Trinajstić information content (AvgIpc) is 3.01. The molecule has 0 aromatic heterocycles. The summed E-state index contributed by atoms with van der Waals surface area (Å²) in [6.07, 6.45) is 5.95. The summed E-state index contributed by atoms with van der Waals surface area (Å²) in [5.41, 5.74) is 3.61. The van der Waals surface area contributed by atoms with E-state index >= 15 is 0 Å². The number of benzene rings is 2. The topological polar surface area (TPSA) is 51.2 Å². The molecule has 35 heavy (non-hydrogen) atoms. The van der Waals surface area contributed by atoms with Crippen molar-refractivity contribution in [1.82, 2.24) is 9.80 Å². The second-order valence-electron chi connectivity index (χ2n) is 9.50. The Morgan fingerprint density at radius 3 is 2.34 bits per heavy atom. The Labute approximate surface area is 215 Å². The zero-order valence-corrected chi connectivity index (χ0v) is 22.1. The number of rotatable bonds is 9. The maximum Gasteiger partial charge on any atom is 0.227 e. The van der Waals surface area contributed by atoms with Gasteiger partial charge >= 0.3 is 0 Å². The minimum atomic E-state index is 0. The van der Waals surface area contributed by atoms with Crippen molar-refractivity contribution in [3.63, 3.8) is 0 Å². The predicted octanol–water partition coefficient (Wildman–Crippen LogP) is 4.41. The molecule has 6 nitrogen and oxygen atoms in total. The molecule has 1 unspecified atom stereocenters. The highest BCUT2D eigenvalue weighted by Gasteiger charge is 2.27. The molecule has 4 rings (SSSR count). The molecule has 7 heteroatoms. The highest BCUT2D eigenvalue weighted by molar-refractivity contribution is 5.85. The number of carbonyl (C=O) groups excluding carboxylic acids is 1. The number of methoxy groups -OCH3 is 3. The third kappa shape index (κ3) is 7.05. The maximum atomic E-state index is 13.1. The van der Waals surface area contributed by atoms with E-state index in [1.807, 2.05) is 24.3 Å². The Morgan fingerprint density at radius 1 is 0.943 bits per heavy atom. The molecule has 0 radical (unpaired) electrons. The van der Waals surface area contributed by atoms with Crippen molar-refractivity contribution in [3.05, 3.63) is 53.1 Å².